The molecule has 1 aliphatic rings. The predicted molar refractivity (Wildman–Crippen MR) is 109 cm³/mol. The Morgan fingerprint density at radius 2 is 1.75 bits per heavy atom. The number of ketones is 2. The summed E-state index contributed by atoms with van der Waals surface area (Å²) in [4.78, 5) is 37.7. The molecule has 0 unspecified atom stereocenters. The summed E-state index contributed by atoms with van der Waals surface area (Å²) >= 11 is 1.60. The standard InChI is InChI=1S/C22H25NO4S/c1-14-12-19(15(2)23(14)17-6-7-17)21(25)13-27-22(26)11-10-20(24)16-4-8-18(28-3)9-5-16/h4-5,8-9,12,17H,6-7,10-11,13H2,1-3H3. The van der Waals surface area contributed by atoms with Crippen LogP contribution in [-0.2, 0) is 9.53 Å². The van der Waals surface area contributed by atoms with Crippen LogP contribution in [0.5, 0.6) is 0 Å². The number of Topliss-reactive ketones (excluding diaryl/α,β-unsaturated/α-hetero) is 2. The first-order valence-corrected chi connectivity index (χ1v) is 10.7. The Kier molecular flexibility index (Phi) is 6.39. The summed E-state index contributed by atoms with van der Waals surface area (Å²) in [5, 5.41) is 0. The third-order valence-corrected chi connectivity index (χ3v) is 5.77. The van der Waals surface area contributed by atoms with Gasteiger partial charge in [-0.25, -0.2) is 0 Å². The Bertz CT molecular complexity index is 894. The lowest BCUT2D eigenvalue weighted by Gasteiger charge is -2.08. The predicted octanol–water partition coefficient (Wildman–Crippen LogP) is 4.55. The number of esters is 1. The molecule has 0 bridgehead atoms. The van der Waals surface area contributed by atoms with E-state index in [1.165, 1.54) is 0 Å². The summed E-state index contributed by atoms with van der Waals surface area (Å²) in [5.74, 6) is -0.838. The third-order valence-electron chi connectivity index (χ3n) is 5.03. The molecule has 1 aliphatic carbocycles. The van der Waals surface area contributed by atoms with Gasteiger partial charge in [0.05, 0.1) is 6.42 Å². The van der Waals surface area contributed by atoms with Crippen molar-refractivity contribution in [2.45, 2.75) is 50.5 Å². The second kappa shape index (κ2) is 8.78. The van der Waals surface area contributed by atoms with Gasteiger partial charge in [0.25, 0.3) is 0 Å². The van der Waals surface area contributed by atoms with Crippen molar-refractivity contribution in [3.8, 4) is 0 Å². The average molecular weight is 400 g/mol. The zero-order valence-corrected chi connectivity index (χ0v) is 17.3. The number of hydrogen-bond donors (Lipinski definition) is 0. The van der Waals surface area contributed by atoms with Gasteiger partial charge in [-0.3, -0.25) is 14.4 Å². The fourth-order valence-corrected chi connectivity index (χ4v) is 3.80. The number of nitrogens with zero attached hydrogens (tertiary/aromatic N) is 1. The highest BCUT2D eigenvalue weighted by Crippen LogP contribution is 2.38. The minimum atomic E-state index is -0.529. The van der Waals surface area contributed by atoms with E-state index in [-0.39, 0.29) is 31.0 Å². The smallest absolute Gasteiger partial charge is 0.306 e. The number of carbonyl (C=O) groups excluding carboxylic acids is 3. The van der Waals surface area contributed by atoms with E-state index in [0.717, 1.165) is 29.1 Å². The van der Waals surface area contributed by atoms with E-state index in [2.05, 4.69) is 4.57 Å². The molecule has 6 heteroatoms. The fourth-order valence-electron chi connectivity index (χ4n) is 3.39. The normalized spacial score (nSPS) is 13.4. The van der Waals surface area contributed by atoms with E-state index in [1.807, 2.05) is 38.3 Å². The molecule has 28 heavy (non-hydrogen) atoms. The zero-order valence-electron chi connectivity index (χ0n) is 16.5. The van der Waals surface area contributed by atoms with Crippen molar-refractivity contribution in [1.29, 1.82) is 0 Å². The summed E-state index contributed by atoms with van der Waals surface area (Å²) in [6, 6.07) is 9.66. The number of thioether (sulfide) groups is 1. The van der Waals surface area contributed by atoms with Crippen LogP contribution in [0.2, 0.25) is 0 Å². The van der Waals surface area contributed by atoms with Gasteiger partial charge in [0.15, 0.2) is 12.4 Å². The lowest BCUT2D eigenvalue weighted by molar-refractivity contribution is -0.142. The van der Waals surface area contributed by atoms with Crippen molar-refractivity contribution in [2.24, 2.45) is 0 Å². The van der Waals surface area contributed by atoms with Crippen molar-refractivity contribution in [3.05, 3.63) is 52.8 Å². The third kappa shape index (κ3) is 4.73. The molecule has 1 fully saturated rings. The maximum absolute atomic E-state index is 12.4. The van der Waals surface area contributed by atoms with Crippen LogP contribution in [0.3, 0.4) is 0 Å². The first kappa shape index (κ1) is 20.4. The number of hydrogen-bond acceptors (Lipinski definition) is 5. The molecule has 0 atom stereocenters. The zero-order chi connectivity index (χ0) is 20.3. The molecule has 2 aromatic rings. The van der Waals surface area contributed by atoms with E-state index in [9.17, 15) is 14.4 Å². The first-order chi connectivity index (χ1) is 13.4. The quantitative estimate of drug-likeness (QED) is 0.352. The van der Waals surface area contributed by atoms with Crippen LogP contribution in [0.25, 0.3) is 0 Å². The Hall–Kier alpha value is -2.34. The molecule has 148 valence electrons. The Morgan fingerprint density at radius 3 is 2.36 bits per heavy atom. The van der Waals surface area contributed by atoms with Gasteiger partial charge < -0.3 is 9.30 Å². The number of ether oxygens (including phenoxy) is 1. The molecule has 0 amide bonds. The molecule has 1 saturated carbocycles. The summed E-state index contributed by atoms with van der Waals surface area (Å²) in [6.45, 7) is 3.64. The molecule has 5 nitrogen and oxygen atoms in total. The number of aryl methyl sites for hydroxylation is 1. The van der Waals surface area contributed by atoms with Gasteiger partial charge in [0.1, 0.15) is 0 Å². The van der Waals surface area contributed by atoms with E-state index < -0.39 is 5.97 Å². The van der Waals surface area contributed by atoms with Gasteiger partial charge in [-0.2, -0.15) is 0 Å². The van der Waals surface area contributed by atoms with Gasteiger partial charge in [-0.15, -0.1) is 11.8 Å². The summed E-state index contributed by atoms with van der Waals surface area (Å²) in [5.41, 5.74) is 3.19. The van der Waals surface area contributed by atoms with Gasteiger partial charge >= 0.3 is 5.97 Å². The van der Waals surface area contributed by atoms with Crippen LogP contribution in [0.1, 0.15) is 63.8 Å². The summed E-state index contributed by atoms with van der Waals surface area (Å²) in [7, 11) is 0. The van der Waals surface area contributed by atoms with Crippen molar-refractivity contribution in [3.63, 3.8) is 0 Å². The topological polar surface area (TPSA) is 65.4 Å². The minimum absolute atomic E-state index is 0.0303. The highest BCUT2D eigenvalue weighted by Gasteiger charge is 2.28. The SMILES string of the molecule is CSc1ccc(C(=O)CCC(=O)OCC(=O)c2cc(C)n(C3CC3)c2C)cc1. The van der Waals surface area contributed by atoms with Gasteiger partial charge in [-0.05, 0) is 51.1 Å². The van der Waals surface area contributed by atoms with E-state index in [4.69, 9.17) is 4.74 Å². The van der Waals surface area contributed by atoms with Crippen molar-refractivity contribution in [2.75, 3.05) is 12.9 Å². The number of aromatic nitrogens is 1. The highest BCUT2D eigenvalue weighted by molar-refractivity contribution is 7.98. The van der Waals surface area contributed by atoms with Crippen LogP contribution >= 0.6 is 11.8 Å². The van der Waals surface area contributed by atoms with Gasteiger partial charge in [0, 0.05) is 39.9 Å². The van der Waals surface area contributed by atoms with Gasteiger partial charge in [0.2, 0.25) is 5.78 Å². The number of benzene rings is 1. The molecule has 3 rings (SSSR count). The fraction of sp³-hybridized carbons (Fsp3) is 0.409. The maximum Gasteiger partial charge on any atom is 0.306 e. The second-order valence-electron chi connectivity index (χ2n) is 7.12. The lowest BCUT2D eigenvalue weighted by atomic mass is 10.1. The van der Waals surface area contributed by atoms with Crippen molar-refractivity contribution in [1.82, 2.24) is 4.57 Å². The molecule has 0 spiro atoms. The van der Waals surface area contributed by atoms with E-state index >= 15 is 0 Å². The second-order valence-corrected chi connectivity index (χ2v) is 8.00. The van der Waals surface area contributed by atoms with E-state index in [1.54, 1.807) is 23.9 Å². The highest BCUT2D eigenvalue weighted by atomic mass is 32.2. The number of carbonyl (C=O) groups is 3. The summed E-state index contributed by atoms with van der Waals surface area (Å²) < 4.78 is 7.30. The van der Waals surface area contributed by atoms with Crippen molar-refractivity contribution >= 4 is 29.3 Å². The molecule has 0 N–H and O–H groups in total. The minimum Gasteiger partial charge on any atom is -0.457 e. The lowest BCUT2D eigenvalue weighted by Crippen LogP contribution is -2.15. The molecule has 1 aromatic heterocycles. The van der Waals surface area contributed by atoms with E-state index in [0.29, 0.717) is 17.2 Å². The van der Waals surface area contributed by atoms with Crippen LogP contribution in [0, 0.1) is 13.8 Å². The van der Waals surface area contributed by atoms with Gasteiger partial charge in [-0.1, -0.05) is 12.1 Å². The molecule has 1 heterocycles. The first-order valence-electron chi connectivity index (χ1n) is 9.45. The van der Waals surface area contributed by atoms with Crippen molar-refractivity contribution < 1.29 is 19.1 Å². The molecular formula is C22H25NO4S. The molecule has 1 aromatic carbocycles. The molecular weight excluding hydrogens is 374 g/mol. The molecule has 0 radical (unpaired) electrons. The molecule has 0 saturated heterocycles. The Labute approximate surface area is 169 Å². The Morgan fingerprint density at radius 1 is 1.07 bits per heavy atom. The van der Waals surface area contributed by atoms with Crippen LogP contribution in [0.15, 0.2) is 35.2 Å². The maximum atomic E-state index is 12.4. The summed E-state index contributed by atoms with van der Waals surface area (Å²) in [6.07, 6.45) is 4.30. The average Bonchev–Trinajstić information content (AvgIpc) is 3.48. The van der Waals surface area contributed by atoms with Crippen LogP contribution in [-0.4, -0.2) is 35.0 Å². The largest absolute Gasteiger partial charge is 0.457 e. The van der Waals surface area contributed by atoms with Crippen LogP contribution < -0.4 is 0 Å². The van der Waals surface area contributed by atoms with Crippen LogP contribution in [0.4, 0.5) is 0 Å². The molecule has 0 aliphatic heterocycles. The monoisotopic (exact) mass is 399 g/mol. The number of rotatable bonds is 9. The Balaban J connectivity index is 1.48.